The molecule has 0 aliphatic carbocycles. The molecule has 3 unspecified atom stereocenters. The summed E-state index contributed by atoms with van der Waals surface area (Å²) in [6.45, 7) is 3.21. The number of anilines is 2. The van der Waals surface area contributed by atoms with Crippen molar-refractivity contribution in [2.24, 2.45) is 4.52 Å². The van der Waals surface area contributed by atoms with Crippen molar-refractivity contribution in [1.82, 2.24) is 5.09 Å². The highest BCUT2D eigenvalue weighted by molar-refractivity contribution is 7.99. The topological polar surface area (TPSA) is 30.9 Å². The number of rotatable bonds is 12. The van der Waals surface area contributed by atoms with Crippen molar-refractivity contribution in [2.75, 3.05) is 15.4 Å². The number of nitrogens with one attached hydrogen (secondary N) is 1. The van der Waals surface area contributed by atoms with Crippen molar-refractivity contribution in [2.45, 2.75) is 39.0 Å². The molecule has 1 heterocycles. The van der Waals surface area contributed by atoms with E-state index in [2.05, 4.69) is 173 Å². The van der Waals surface area contributed by atoms with E-state index in [0.717, 1.165) is 13.0 Å². The molecule has 4 nitrogen and oxygen atoms in total. The van der Waals surface area contributed by atoms with Crippen LogP contribution in [0.3, 0.4) is 0 Å². The van der Waals surface area contributed by atoms with Gasteiger partial charge in [0, 0.05) is 33.8 Å². The monoisotopic (exact) mass is 634 g/mol. The smallest absolute Gasteiger partial charge is 0.159 e. The van der Waals surface area contributed by atoms with Crippen LogP contribution in [0.1, 0.15) is 39.0 Å². The molecule has 0 spiro atoms. The zero-order valence-corrected chi connectivity index (χ0v) is 28.0. The third-order valence-electron chi connectivity index (χ3n) is 7.70. The van der Waals surface area contributed by atoms with Gasteiger partial charge in [-0.05, 0) is 30.7 Å². The minimum Gasteiger partial charge on any atom is -0.285 e. The molecule has 0 fully saturated rings. The lowest BCUT2D eigenvalue weighted by Crippen LogP contribution is -2.41. The molecule has 0 aromatic heterocycles. The Hall–Kier alpha value is -3.25. The van der Waals surface area contributed by atoms with E-state index < -0.39 is 23.8 Å². The molecular formula is C37H41N4P3. The molecule has 0 bridgehead atoms. The van der Waals surface area contributed by atoms with E-state index in [4.69, 9.17) is 4.52 Å². The van der Waals surface area contributed by atoms with Gasteiger partial charge in [0.05, 0.1) is 0 Å². The number of nitrogens with zero attached hydrogens (tertiary/aromatic N) is 3. The van der Waals surface area contributed by atoms with Crippen molar-refractivity contribution in [3.05, 3.63) is 152 Å². The molecule has 0 saturated heterocycles. The van der Waals surface area contributed by atoms with Crippen LogP contribution in [0.25, 0.3) is 0 Å². The predicted octanol–water partition coefficient (Wildman–Crippen LogP) is 10.2. The van der Waals surface area contributed by atoms with Gasteiger partial charge in [-0.25, -0.2) is 4.52 Å². The highest BCUT2D eigenvalue weighted by Gasteiger charge is 2.47. The number of hydrogen-bond donors (Lipinski definition) is 1. The predicted molar refractivity (Wildman–Crippen MR) is 196 cm³/mol. The van der Waals surface area contributed by atoms with Crippen LogP contribution in [-0.4, -0.2) is 6.54 Å². The molecule has 5 aromatic rings. The molecule has 44 heavy (non-hydrogen) atoms. The van der Waals surface area contributed by atoms with Gasteiger partial charge in [0.25, 0.3) is 0 Å². The Kier molecular flexibility index (Phi) is 10.6. The third kappa shape index (κ3) is 6.71. The van der Waals surface area contributed by atoms with Crippen molar-refractivity contribution in [3.63, 3.8) is 0 Å². The standard InChI is InChI=1S/C37H41N4P3/c1-2-3-4-5-21-32-38-44(37-30-19-10-20-31-37)39-42(35-26-15-8-16-27-35)40(33-22-11-6-12-23-33)43(36-28-17-9-18-29-36)41(44)34-24-13-7-14-25-34/h6-20,22-31,38H,2-5,21,32H2,1H3. The van der Waals surface area contributed by atoms with Crippen LogP contribution in [0, 0.1) is 0 Å². The lowest BCUT2D eigenvalue weighted by atomic mass is 10.2. The zero-order valence-electron chi connectivity index (χ0n) is 25.4. The van der Waals surface area contributed by atoms with Crippen LogP contribution in [0.5, 0.6) is 0 Å². The number of unbranched alkanes of at least 4 members (excludes halogenated alkanes) is 4. The molecule has 5 aromatic carbocycles. The Bertz CT molecular complexity index is 1620. The molecule has 1 aliphatic heterocycles. The summed E-state index contributed by atoms with van der Waals surface area (Å²) in [5.74, 6) is 0. The normalized spacial score (nSPS) is 19.8. The van der Waals surface area contributed by atoms with Crippen LogP contribution >= 0.6 is 23.8 Å². The second-order valence-electron chi connectivity index (χ2n) is 10.8. The van der Waals surface area contributed by atoms with E-state index in [1.807, 2.05) is 0 Å². The van der Waals surface area contributed by atoms with Gasteiger partial charge in [0.2, 0.25) is 0 Å². The van der Waals surface area contributed by atoms with Gasteiger partial charge in [-0.15, -0.1) is 0 Å². The van der Waals surface area contributed by atoms with Crippen molar-refractivity contribution in [1.29, 1.82) is 0 Å². The molecular weight excluding hydrogens is 593 g/mol. The highest BCUT2D eigenvalue weighted by atomic mass is 31.3. The van der Waals surface area contributed by atoms with Crippen molar-refractivity contribution < 1.29 is 0 Å². The zero-order chi connectivity index (χ0) is 30.0. The van der Waals surface area contributed by atoms with Crippen LogP contribution in [0.2, 0.25) is 0 Å². The molecule has 6 rings (SSSR count). The van der Waals surface area contributed by atoms with Crippen molar-refractivity contribution >= 4 is 51.1 Å². The Morgan fingerprint density at radius 3 is 1.66 bits per heavy atom. The number of hydrogen-bond acceptors (Lipinski definition) is 4. The van der Waals surface area contributed by atoms with Gasteiger partial charge in [-0.3, -0.25) is 14.0 Å². The molecule has 0 radical (unpaired) electrons. The third-order valence-corrected chi connectivity index (χ3v) is 17.5. The molecule has 0 amide bonds. The SMILES string of the molecule is CCCCCCCNP1(c2ccccc2)=NP(c2ccccc2)N(c2ccccc2)P(c2ccccc2)N1c1ccccc1. The molecule has 224 valence electrons. The van der Waals surface area contributed by atoms with E-state index in [0.29, 0.717) is 0 Å². The molecule has 7 heteroatoms. The van der Waals surface area contributed by atoms with Crippen molar-refractivity contribution in [3.8, 4) is 0 Å². The fourth-order valence-electron chi connectivity index (χ4n) is 5.55. The Balaban J connectivity index is 1.65. The fourth-order valence-corrected chi connectivity index (χ4v) is 17.4. The largest absolute Gasteiger partial charge is 0.285 e. The van der Waals surface area contributed by atoms with E-state index in [1.165, 1.54) is 53.0 Å². The second-order valence-corrected chi connectivity index (χ2v) is 18.0. The summed E-state index contributed by atoms with van der Waals surface area (Å²) >= 11 is 0. The molecule has 1 N–H and O–H groups in total. The summed E-state index contributed by atoms with van der Waals surface area (Å²) in [4.78, 5) is 0. The van der Waals surface area contributed by atoms with E-state index >= 15 is 0 Å². The maximum Gasteiger partial charge on any atom is 0.159 e. The summed E-state index contributed by atoms with van der Waals surface area (Å²) in [6, 6.07) is 55.1. The minimum atomic E-state index is -2.51. The molecule has 3 atom stereocenters. The fraction of sp³-hybridized carbons (Fsp3) is 0.189. The van der Waals surface area contributed by atoms with Gasteiger partial charge < -0.3 is 0 Å². The van der Waals surface area contributed by atoms with Gasteiger partial charge in [0.15, 0.2) is 15.6 Å². The summed E-state index contributed by atoms with van der Waals surface area (Å²) < 4.78 is 11.5. The first-order valence-corrected chi connectivity index (χ1v) is 19.8. The highest BCUT2D eigenvalue weighted by Crippen LogP contribution is 2.76. The first kappa shape index (κ1) is 30.8. The van der Waals surface area contributed by atoms with Gasteiger partial charge in [-0.1, -0.05) is 160 Å². The molecule has 1 aliphatic rings. The Morgan fingerprint density at radius 2 is 1.07 bits per heavy atom. The Morgan fingerprint density at radius 1 is 0.568 bits per heavy atom. The van der Waals surface area contributed by atoms with E-state index in [-0.39, 0.29) is 0 Å². The Labute approximate surface area is 266 Å². The quantitative estimate of drug-likeness (QED) is 0.109. The molecule has 0 saturated carbocycles. The summed E-state index contributed by atoms with van der Waals surface area (Å²) in [5.41, 5.74) is 2.40. The van der Waals surface area contributed by atoms with Crippen LogP contribution in [-0.2, 0) is 0 Å². The first-order valence-electron chi connectivity index (χ1n) is 15.7. The number of para-hydroxylation sites is 2. The second kappa shape index (κ2) is 15.2. The average Bonchev–Trinajstić information content (AvgIpc) is 3.11. The minimum absolute atomic E-state index is 0.931. The average molecular weight is 635 g/mol. The van der Waals surface area contributed by atoms with Crippen LogP contribution in [0.15, 0.2) is 156 Å². The maximum atomic E-state index is 6.11. The maximum absolute atomic E-state index is 6.11. The lowest BCUT2D eigenvalue weighted by molar-refractivity contribution is 0.628. The summed E-state index contributed by atoms with van der Waals surface area (Å²) in [7, 11) is -4.67. The lowest BCUT2D eigenvalue weighted by Gasteiger charge is -2.53. The summed E-state index contributed by atoms with van der Waals surface area (Å²) in [6.07, 6.45) is 6.21. The van der Waals surface area contributed by atoms with Gasteiger partial charge in [0.1, 0.15) is 8.22 Å². The van der Waals surface area contributed by atoms with Crippen LogP contribution < -0.4 is 29.9 Å². The van der Waals surface area contributed by atoms with Gasteiger partial charge in [-0.2, -0.15) is 0 Å². The van der Waals surface area contributed by atoms with Gasteiger partial charge >= 0.3 is 0 Å². The van der Waals surface area contributed by atoms with Crippen LogP contribution in [0.4, 0.5) is 11.4 Å². The van der Waals surface area contributed by atoms with E-state index in [1.54, 1.807) is 0 Å². The first-order chi connectivity index (χ1) is 21.8. The number of benzene rings is 5. The summed E-state index contributed by atoms with van der Waals surface area (Å²) in [5, 5.41) is 8.09. The van der Waals surface area contributed by atoms with E-state index in [9.17, 15) is 0 Å².